The molecular weight excluding hydrogens is 330 g/mol. The van der Waals surface area contributed by atoms with E-state index in [2.05, 4.69) is 19.2 Å². The maximum absolute atomic E-state index is 12.4. The Hall–Kier alpha value is -2.24. The Balaban J connectivity index is 1.74. The number of hydrogen-bond acceptors (Lipinski definition) is 3. The lowest BCUT2D eigenvalue weighted by Gasteiger charge is -2.33. The summed E-state index contributed by atoms with van der Waals surface area (Å²) in [6.45, 7) is 6.72. The van der Waals surface area contributed by atoms with Gasteiger partial charge in [-0.1, -0.05) is 26.0 Å². The van der Waals surface area contributed by atoms with E-state index >= 15 is 0 Å². The molecule has 6 nitrogen and oxygen atoms in total. The van der Waals surface area contributed by atoms with Gasteiger partial charge in [-0.3, -0.25) is 4.79 Å². The zero-order valence-electron chi connectivity index (χ0n) is 16.3. The minimum Gasteiger partial charge on any atom is -0.493 e. The van der Waals surface area contributed by atoms with Crippen molar-refractivity contribution in [2.75, 3.05) is 33.8 Å². The highest BCUT2D eigenvalue weighted by molar-refractivity contribution is 5.79. The molecule has 0 atom stereocenters. The van der Waals surface area contributed by atoms with E-state index in [1.165, 1.54) is 0 Å². The zero-order chi connectivity index (χ0) is 19.1. The summed E-state index contributed by atoms with van der Waals surface area (Å²) in [7, 11) is 3.50. The molecule has 0 unspecified atom stereocenters. The second-order valence-corrected chi connectivity index (χ2v) is 7.50. The van der Waals surface area contributed by atoms with Gasteiger partial charge >= 0.3 is 6.03 Å². The lowest BCUT2D eigenvalue weighted by atomic mass is 9.96. The Morgan fingerprint density at radius 2 is 1.81 bits per heavy atom. The Bertz CT molecular complexity index is 591. The Morgan fingerprint density at radius 3 is 2.35 bits per heavy atom. The van der Waals surface area contributed by atoms with Gasteiger partial charge in [-0.05, 0) is 36.5 Å². The molecule has 0 bridgehead atoms. The Morgan fingerprint density at radius 1 is 1.19 bits per heavy atom. The van der Waals surface area contributed by atoms with Gasteiger partial charge in [0.05, 0.1) is 6.61 Å². The summed E-state index contributed by atoms with van der Waals surface area (Å²) in [6.07, 6.45) is 1.43. The number of hydrogen-bond donors (Lipinski definition) is 1. The summed E-state index contributed by atoms with van der Waals surface area (Å²) >= 11 is 0. The molecule has 144 valence electrons. The lowest BCUT2D eigenvalue weighted by Crippen LogP contribution is -2.46. The van der Waals surface area contributed by atoms with Crippen LogP contribution in [0.3, 0.4) is 0 Å². The van der Waals surface area contributed by atoms with Crippen molar-refractivity contribution in [2.24, 2.45) is 11.8 Å². The van der Waals surface area contributed by atoms with Crippen LogP contribution in [0.2, 0.25) is 0 Å². The number of urea groups is 1. The molecule has 1 aliphatic rings. The topological polar surface area (TPSA) is 61.9 Å². The molecule has 0 aliphatic carbocycles. The summed E-state index contributed by atoms with van der Waals surface area (Å²) in [4.78, 5) is 27.7. The Kier molecular flexibility index (Phi) is 7.30. The van der Waals surface area contributed by atoms with E-state index in [-0.39, 0.29) is 17.9 Å². The van der Waals surface area contributed by atoms with Crippen molar-refractivity contribution < 1.29 is 14.3 Å². The molecule has 1 heterocycles. The van der Waals surface area contributed by atoms with Crippen LogP contribution in [0.15, 0.2) is 24.3 Å². The number of ether oxygens (including phenoxy) is 1. The van der Waals surface area contributed by atoms with Gasteiger partial charge in [0, 0.05) is 39.6 Å². The highest BCUT2D eigenvalue weighted by atomic mass is 16.5. The predicted molar refractivity (Wildman–Crippen MR) is 102 cm³/mol. The third kappa shape index (κ3) is 5.93. The van der Waals surface area contributed by atoms with E-state index in [1.807, 2.05) is 24.3 Å². The molecule has 1 N–H and O–H groups in total. The minimum absolute atomic E-state index is 0.0173. The molecular formula is C20H31N3O3. The highest BCUT2D eigenvalue weighted by Crippen LogP contribution is 2.19. The SMILES string of the molecule is CC(C)COc1ccc(CNC(=O)C2CCN(C(=O)N(C)C)CC2)cc1. The lowest BCUT2D eigenvalue weighted by molar-refractivity contribution is -0.126. The second-order valence-electron chi connectivity index (χ2n) is 7.50. The molecule has 0 radical (unpaired) electrons. The highest BCUT2D eigenvalue weighted by Gasteiger charge is 2.27. The normalized spacial score (nSPS) is 15.0. The van der Waals surface area contributed by atoms with Gasteiger partial charge in [0.2, 0.25) is 5.91 Å². The molecule has 0 aromatic heterocycles. The molecule has 0 spiro atoms. The summed E-state index contributed by atoms with van der Waals surface area (Å²) in [5.41, 5.74) is 1.05. The van der Waals surface area contributed by atoms with Gasteiger partial charge in [0.15, 0.2) is 0 Å². The van der Waals surface area contributed by atoms with Crippen LogP contribution in [0.4, 0.5) is 4.79 Å². The number of amides is 3. The molecule has 0 saturated carbocycles. The fourth-order valence-electron chi connectivity index (χ4n) is 2.92. The van der Waals surface area contributed by atoms with Crippen LogP contribution >= 0.6 is 0 Å². The summed E-state index contributed by atoms with van der Waals surface area (Å²) in [5.74, 6) is 1.40. The van der Waals surface area contributed by atoms with E-state index in [1.54, 1.807) is 23.9 Å². The first-order valence-corrected chi connectivity index (χ1v) is 9.32. The average molecular weight is 361 g/mol. The van der Waals surface area contributed by atoms with Gasteiger partial charge < -0.3 is 19.9 Å². The van der Waals surface area contributed by atoms with Crippen molar-refractivity contribution >= 4 is 11.9 Å². The zero-order valence-corrected chi connectivity index (χ0v) is 16.3. The van der Waals surface area contributed by atoms with E-state index in [0.717, 1.165) is 11.3 Å². The van der Waals surface area contributed by atoms with E-state index in [9.17, 15) is 9.59 Å². The first-order valence-electron chi connectivity index (χ1n) is 9.32. The number of carbonyl (C=O) groups excluding carboxylic acids is 2. The monoisotopic (exact) mass is 361 g/mol. The van der Waals surface area contributed by atoms with Crippen molar-refractivity contribution in [2.45, 2.75) is 33.2 Å². The fraction of sp³-hybridized carbons (Fsp3) is 0.600. The van der Waals surface area contributed by atoms with Crippen LogP contribution in [0.1, 0.15) is 32.3 Å². The number of nitrogens with one attached hydrogen (secondary N) is 1. The van der Waals surface area contributed by atoms with Crippen LogP contribution < -0.4 is 10.1 Å². The molecule has 1 aromatic rings. The van der Waals surface area contributed by atoms with Crippen molar-refractivity contribution in [3.05, 3.63) is 29.8 Å². The average Bonchev–Trinajstić information content (AvgIpc) is 2.64. The second kappa shape index (κ2) is 9.46. The van der Waals surface area contributed by atoms with E-state index in [0.29, 0.717) is 45.0 Å². The number of nitrogens with zero attached hydrogens (tertiary/aromatic N) is 2. The molecule has 6 heteroatoms. The minimum atomic E-state index is -0.0186. The molecule has 1 fully saturated rings. The molecule has 1 aromatic carbocycles. The molecule has 1 aliphatic heterocycles. The van der Waals surface area contributed by atoms with E-state index < -0.39 is 0 Å². The third-order valence-corrected chi connectivity index (χ3v) is 4.49. The van der Waals surface area contributed by atoms with Crippen molar-refractivity contribution in [3.63, 3.8) is 0 Å². The quantitative estimate of drug-likeness (QED) is 0.847. The third-order valence-electron chi connectivity index (χ3n) is 4.49. The van der Waals surface area contributed by atoms with Crippen molar-refractivity contribution in [1.82, 2.24) is 15.1 Å². The largest absolute Gasteiger partial charge is 0.493 e. The summed E-state index contributed by atoms with van der Waals surface area (Å²) in [6, 6.07) is 7.86. The first-order chi connectivity index (χ1) is 12.4. The standard InChI is InChI=1S/C20H31N3O3/c1-15(2)14-26-18-7-5-16(6-8-18)13-21-19(24)17-9-11-23(12-10-17)20(25)22(3)4/h5-8,15,17H,9-14H2,1-4H3,(H,21,24). The van der Waals surface area contributed by atoms with Gasteiger partial charge in [-0.25, -0.2) is 4.79 Å². The van der Waals surface area contributed by atoms with Gasteiger partial charge in [0.1, 0.15) is 5.75 Å². The maximum atomic E-state index is 12.4. The number of likely N-dealkylation sites (tertiary alicyclic amines) is 1. The van der Waals surface area contributed by atoms with Crippen LogP contribution in [0.25, 0.3) is 0 Å². The van der Waals surface area contributed by atoms with Crippen LogP contribution in [0, 0.1) is 11.8 Å². The van der Waals surface area contributed by atoms with Gasteiger partial charge in [-0.15, -0.1) is 0 Å². The predicted octanol–water partition coefficient (Wildman–Crippen LogP) is 2.73. The fourth-order valence-corrected chi connectivity index (χ4v) is 2.92. The van der Waals surface area contributed by atoms with Gasteiger partial charge in [-0.2, -0.15) is 0 Å². The number of benzene rings is 1. The van der Waals surface area contributed by atoms with Crippen molar-refractivity contribution in [3.8, 4) is 5.75 Å². The van der Waals surface area contributed by atoms with Gasteiger partial charge in [0.25, 0.3) is 0 Å². The van der Waals surface area contributed by atoms with Crippen molar-refractivity contribution in [1.29, 1.82) is 0 Å². The number of piperidine rings is 1. The summed E-state index contributed by atoms with van der Waals surface area (Å²) < 4.78 is 5.67. The van der Waals surface area contributed by atoms with Crippen LogP contribution in [-0.4, -0.2) is 55.5 Å². The number of carbonyl (C=O) groups is 2. The summed E-state index contributed by atoms with van der Waals surface area (Å²) in [5, 5.41) is 3.01. The first kappa shape index (κ1) is 20.1. The van der Waals surface area contributed by atoms with Crippen LogP contribution in [-0.2, 0) is 11.3 Å². The molecule has 2 rings (SSSR count). The van der Waals surface area contributed by atoms with Crippen LogP contribution in [0.5, 0.6) is 5.75 Å². The molecule has 26 heavy (non-hydrogen) atoms. The smallest absolute Gasteiger partial charge is 0.319 e. The Labute approximate surface area is 156 Å². The number of rotatable bonds is 6. The van der Waals surface area contributed by atoms with E-state index in [4.69, 9.17) is 4.74 Å². The maximum Gasteiger partial charge on any atom is 0.319 e. The molecule has 1 saturated heterocycles. The molecule has 3 amide bonds.